The zero-order chi connectivity index (χ0) is 15.1. The van der Waals surface area contributed by atoms with Gasteiger partial charge in [-0.05, 0) is 0 Å². The van der Waals surface area contributed by atoms with Gasteiger partial charge in [0, 0.05) is 0 Å². The molecule has 0 aliphatic carbocycles. The third kappa shape index (κ3) is 123. The molecule has 2 N–H and O–H groups in total. The molecule has 0 aromatic heterocycles. The lowest BCUT2D eigenvalue weighted by molar-refractivity contribution is 0.562. The summed E-state index contributed by atoms with van der Waals surface area (Å²) in [6.07, 6.45) is 12.6. The van der Waals surface area contributed by atoms with Gasteiger partial charge in [0.1, 0.15) is 0 Å². The van der Waals surface area contributed by atoms with Crippen LogP contribution in [-0.4, -0.2) is 12.2 Å². The van der Waals surface area contributed by atoms with E-state index in [1.54, 1.807) is 0 Å². The maximum absolute atomic E-state index is 8.35. The summed E-state index contributed by atoms with van der Waals surface area (Å²) in [5.74, 6) is 0. The van der Waals surface area contributed by atoms with E-state index in [1.807, 2.05) is 0 Å². The smallest absolute Gasteiger partial charge is 0.222 e. The van der Waals surface area contributed by atoms with Crippen LogP contribution in [0.25, 0.3) is 0 Å². The first-order chi connectivity index (χ1) is 8.66. The quantitative estimate of drug-likeness (QED) is 0.400. The van der Waals surface area contributed by atoms with Crippen molar-refractivity contribution in [2.45, 2.75) is 79.1 Å². The van der Waals surface area contributed by atoms with Crippen molar-refractivity contribution in [3.63, 3.8) is 0 Å². The van der Waals surface area contributed by atoms with Crippen LogP contribution < -0.4 is 0 Å². The molecule has 0 amide bonds. The highest BCUT2D eigenvalue weighted by Gasteiger charge is 1.75. The summed E-state index contributed by atoms with van der Waals surface area (Å²) in [5, 5.41) is 10.8. The summed E-state index contributed by atoms with van der Waals surface area (Å²) in [6, 6.07) is 0. The predicted octanol–water partition coefficient (Wildman–Crippen LogP) is 4.98. The first kappa shape index (κ1) is 25.6. The Morgan fingerprint density at radius 3 is 0.778 bits per heavy atom. The van der Waals surface area contributed by atoms with Crippen molar-refractivity contribution < 1.29 is 9.59 Å². The Morgan fingerprint density at radius 1 is 0.611 bits per heavy atom. The van der Waals surface area contributed by atoms with Gasteiger partial charge in [-0.15, -0.1) is 0 Å². The molecule has 0 atom stereocenters. The summed E-state index contributed by atoms with van der Waals surface area (Å²) < 4.78 is 0. The van der Waals surface area contributed by atoms with Crippen LogP contribution in [0.1, 0.15) is 79.1 Å². The Bertz CT molecular complexity index is 143. The normalized spacial score (nSPS) is 6.89. The highest BCUT2D eigenvalue weighted by Crippen LogP contribution is 1.95. The molecule has 4 nitrogen and oxygen atoms in total. The SMILES string of the molecule is CCCCCC.CCCCCC.N=C=O.N=C=O. The lowest BCUT2D eigenvalue weighted by Crippen LogP contribution is -1.66. The fraction of sp³-hybridized carbons (Fsp3) is 0.857. The molecule has 0 heterocycles. The molecule has 0 aliphatic heterocycles. The van der Waals surface area contributed by atoms with E-state index < -0.39 is 0 Å². The Morgan fingerprint density at radius 2 is 0.722 bits per heavy atom. The number of rotatable bonds is 6. The monoisotopic (exact) mass is 258 g/mol. The fourth-order valence-electron chi connectivity index (χ4n) is 1.000. The molecule has 0 bridgehead atoms. The zero-order valence-corrected chi connectivity index (χ0v) is 12.5. The van der Waals surface area contributed by atoms with E-state index in [1.165, 1.54) is 51.4 Å². The largest absolute Gasteiger partial charge is 0.231 e. The second kappa shape index (κ2) is 44.7. The van der Waals surface area contributed by atoms with E-state index in [0.717, 1.165) is 12.2 Å². The lowest BCUT2D eigenvalue weighted by Gasteiger charge is -1.86. The molecule has 0 unspecified atom stereocenters. The van der Waals surface area contributed by atoms with Gasteiger partial charge in [0.15, 0.2) is 0 Å². The van der Waals surface area contributed by atoms with Crippen molar-refractivity contribution in [2.75, 3.05) is 0 Å². The van der Waals surface area contributed by atoms with Crippen molar-refractivity contribution in [3.05, 3.63) is 0 Å². The van der Waals surface area contributed by atoms with Crippen molar-refractivity contribution in [3.8, 4) is 0 Å². The number of carbonyl (C=O) groups excluding carboxylic acids is 2. The number of isocyanates is 2. The minimum atomic E-state index is 0.750. The van der Waals surface area contributed by atoms with Gasteiger partial charge in [-0.3, -0.25) is 0 Å². The Hall–Kier alpha value is -1.24. The van der Waals surface area contributed by atoms with E-state index in [2.05, 4.69) is 27.7 Å². The van der Waals surface area contributed by atoms with Gasteiger partial charge in [-0.2, -0.15) is 0 Å². The van der Waals surface area contributed by atoms with Crippen molar-refractivity contribution >= 4 is 12.2 Å². The second-order valence-electron chi connectivity index (χ2n) is 3.62. The molecule has 18 heavy (non-hydrogen) atoms. The number of hydrogen-bond donors (Lipinski definition) is 2. The molecule has 0 saturated heterocycles. The average Bonchev–Trinajstić information content (AvgIpc) is 2.36. The minimum Gasteiger partial charge on any atom is -0.222 e. The number of nitrogens with one attached hydrogen (secondary N) is 2. The average molecular weight is 258 g/mol. The molecule has 0 saturated carbocycles. The molecule has 108 valence electrons. The molecule has 0 radical (unpaired) electrons. The van der Waals surface area contributed by atoms with Crippen LogP contribution in [0.3, 0.4) is 0 Å². The molecule has 0 spiro atoms. The fourth-order valence-corrected chi connectivity index (χ4v) is 1.000. The Kier molecular flexibility index (Phi) is 63.6. The number of hydrogen-bond acceptors (Lipinski definition) is 4. The molecule has 4 heteroatoms. The first-order valence-corrected chi connectivity index (χ1v) is 6.74. The van der Waals surface area contributed by atoms with Crippen LogP contribution in [0.2, 0.25) is 0 Å². The van der Waals surface area contributed by atoms with E-state index in [9.17, 15) is 0 Å². The molecular formula is C14H30N2O2. The van der Waals surface area contributed by atoms with Crippen molar-refractivity contribution in [1.29, 1.82) is 10.8 Å². The molecule has 0 aromatic carbocycles. The van der Waals surface area contributed by atoms with Crippen molar-refractivity contribution in [2.24, 2.45) is 0 Å². The third-order valence-electron chi connectivity index (χ3n) is 1.91. The number of unbranched alkanes of at least 4 members (excludes halogenated alkanes) is 6. The highest BCUT2D eigenvalue weighted by atomic mass is 16.1. The predicted molar refractivity (Wildman–Crippen MR) is 76.5 cm³/mol. The topological polar surface area (TPSA) is 81.8 Å². The van der Waals surface area contributed by atoms with Crippen LogP contribution in [0.5, 0.6) is 0 Å². The zero-order valence-electron chi connectivity index (χ0n) is 12.5. The first-order valence-electron chi connectivity index (χ1n) is 6.74. The summed E-state index contributed by atoms with van der Waals surface area (Å²) in [5.41, 5.74) is 0. The molecule has 0 aliphatic rings. The van der Waals surface area contributed by atoms with Crippen LogP contribution in [-0.2, 0) is 9.59 Å². The van der Waals surface area contributed by atoms with Gasteiger partial charge in [-0.1, -0.05) is 79.1 Å². The lowest BCUT2D eigenvalue weighted by atomic mass is 10.2. The van der Waals surface area contributed by atoms with Gasteiger partial charge >= 0.3 is 0 Å². The van der Waals surface area contributed by atoms with E-state index in [-0.39, 0.29) is 0 Å². The van der Waals surface area contributed by atoms with Gasteiger partial charge in [0.05, 0.1) is 0 Å². The van der Waals surface area contributed by atoms with E-state index in [4.69, 9.17) is 20.4 Å². The van der Waals surface area contributed by atoms with Gasteiger partial charge in [0.25, 0.3) is 0 Å². The highest BCUT2D eigenvalue weighted by molar-refractivity contribution is 5.26. The van der Waals surface area contributed by atoms with Crippen LogP contribution >= 0.6 is 0 Å². The van der Waals surface area contributed by atoms with Gasteiger partial charge in [-0.25, -0.2) is 20.4 Å². The minimum absolute atomic E-state index is 0.750. The van der Waals surface area contributed by atoms with E-state index in [0.29, 0.717) is 0 Å². The Balaban J connectivity index is -0.0000000770. The van der Waals surface area contributed by atoms with Crippen LogP contribution in [0, 0.1) is 10.8 Å². The summed E-state index contributed by atoms with van der Waals surface area (Å²) in [4.78, 5) is 16.7. The third-order valence-corrected chi connectivity index (χ3v) is 1.91. The molecule has 0 fully saturated rings. The molecule has 0 rings (SSSR count). The van der Waals surface area contributed by atoms with Crippen LogP contribution in [0.4, 0.5) is 0 Å². The van der Waals surface area contributed by atoms with E-state index >= 15 is 0 Å². The van der Waals surface area contributed by atoms with Gasteiger partial charge in [0.2, 0.25) is 12.2 Å². The second-order valence-corrected chi connectivity index (χ2v) is 3.62. The maximum Gasteiger partial charge on any atom is 0.231 e. The van der Waals surface area contributed by atoms with Crippen LogP contribution in [0.15, 0.2) is 0 Å². The summed E-state index contributed by atoms with van der Waals surface area (Å²) >= 11 is 0. The molecular weight excluding hydrogens is 228 g/mol. The standard InChI is InChI=1S/2C6H14.2CHNO/c2*1-3-5-6-4-2;2*2-1-3/h2*3-6H2,1-2H3;2*2H. The van der Waals surface area contributed by atoms with Gasteiger partial charge < -0.3 is 0 Å². The maximum atomic E-state index is 8.35. The Labute approximate surface area is 112 Å². The summed E-state index contributed by atoms with van der Waals surface area (Å²) in [6.45, 7) is 8.93. The molecule has 0 aromatic rings. The van der Waals surface area contributed by atoms with Crippen molar-refractivity contribution in [1.82, 2.24) is 0 Å². The summed E-state index contributed by atoms with van der Waals surface area (Å²) in [7, 11) is 0.